The SMILES string of the molecule is CCC(C#N)[Si](Cl)(Cl)C(C#N)CC. The standard InChI is InChI=1S/C8H12Cl2N2Si/c1-3-7(5-11)13(9,10)8(4-2)6-12/h7-8H,3-4H2,1-2H3. The van der Waals surface area contributed by atoms with Gasteiger partial charge in [-0.15, -0.1) is 22.2 Å². The highest BCUT2D eigenvalue weighted by Crippen LogP contribution is 2.42. The smallest absolute Gasteiger partial charge is 0.198 e. The Bertz CT molecular complexity index is 218. The number of hydrogen-bond acceptors (Lipinski definition) is 2. The summed E-state index contributed by atoms with van der Waals surface area (Å²) in [5, 5.41) is 17.6. The van der Waals surface area contributed by atoms with Crippen LogP contribution in [0.2, 0.25) is 11.1 Å². The van der Waals surface area contributed by atoms with Crippen molar-refractivity contribution < 1.29 is 0 Å². The Morgan fingerprint density at radius 3 is 1.54 bits per heavy atom. The fourth-order valence-corrected chi connectivity index (χ4v) is 5.50. The topological polar surface area (TPSA) is 47.6 Å². The van der Waals surface area contributed by atoms with Gasteiger partial charge in [-0.3, -0.25) is 0 Å². The molecule has 2 atom stereocenters. The van der Waals surface area contributed by atoms with Crippen molar-refractivity contribution in [2.75, 3.05) is 0 Å². The summed E-state index contributed by atoms with van der Waals surface area (Å²) in [7, 11) is 0. The Labute approximate surface area is 89.5 Å². The van der Waals surface area contributed by atoms with Crippen LogP contribution in [0.5, 0.6) is 0 Å². The fraction of sp³-hybridized carbons (Fsp3) is 0.750. The molecule has 0 saturated carbocycles. The van der Waals surface area contributed by atoms with E-state index in [2.05, 4.69) is 12.1 Å². The lowest BCUT2D eigenvalue weighted by molar-refractivity contribution is 0.877. The Hall–Kier alpha value is -0.223. The third-order valence-corrected chi connectivity index (χ3v) is 8.15. The lowest BCUT2D eigenvalue weighted by atomic mass is 10.3. The van der Waals surface area contributed by atoms with Crippen molar-refractivity contribution in [3.8, 4) is 12.1 Å². The monoisotopic (exact) mass is 234 g/mol. The van der Waals surface area contributed by atoms with E-state index in [9.17, 15) is 0 Å². The van der Waals surface area contributed by atoms with Gasteiger partial charge in [-0.2, -0.15) is 10.5 Å². The normalized spacial score (nSPS) is 15.5. The first-order chi connectivity index (χ1) is 6.04. The summed E-state index contributed by atoms with van der Waals surface area (Å²) in [5.41, 5.74) is -0.694. The molecule has 72 valence electrons. The Balaban J connectivity index is 4.73. The van der Waals surface area contributed by atoms with Crippen LogP contribution in [0.25, 0.3) is 0 Å². The summed E-state index contributed by atoms with van der Waals surface area (Å²) < 4.78 is 0. The predicted molar refractivity (Wildman–Crippen MR) is 56.8 cm³/mol. The number of nitriles is 2. The summed E-state index contributed by atoms with van der Waals surface area (Å²) in [4.78, 5) is 0. The first-order valence-electron chi connectivity index (χ1n) is 4.21. The first-order valence-corrected chi connectivity index (χ1v) is 8.39. The molecule has 0 bridgehead atoms. The largest absolute Gasteiger partial charge is 0.284 e. The lowest BCUT2D eigenvalue weighted by Crippen LogP contribution is -2.31. The van der Waals surface area contributed by atoms with Gasteiger partial charge >= 0.3 is 0 Å². The van der Waals surface area contributed by atoms with E-state index in [1.807, 2.05) is 13.8 Å². The molecule has 0 aromatic rings. The van der Waals surface area contributed by atoms with Crippen molar-refractivity contribution >= 4 is 28.9 Å². The molecule has 0 heterocycles. The van der Waals surface area contributed by atoms with E-state index in [1.165, 1.54) is 0 Å². The summed E-state index contributed by atoms with van der Waals surface area (Å²) in [6, 6.07) is 4.18. The van der Waals surface area contributed by atoms with Crippen LogP contribution >= 0.6 is 22.2 Å². The summed E-state index contributed by atoms with van der Waals surface area (Å²) >= 11 is 12.3. The van der Waals surface area contributed by atoms with Crippen molar-refractivity contribution in [3.05, 3.63) is 0 Å². The molecule has 0 aromatic carbocycles. The minimum absolute atomic E-state index is 0.347. The molecule has 0 saturated heterocycles. The van der Waals surface area contributed by atoms with Crippen molar-refractivity contribution in [1.29, 1.82) is 10.5 Å². The van der Waals surface area contributed by atoms with E-state index in [1.54, 1.807) is 0 Å². The van der Waals surface area contributed by atoms with Gasteiger partial charge in [0.1, 0.15) is 0 Å². The molecule has 2 unspecified atom stereocenters. The zero-order chi connectivity index (χ0) is 10.5. The highest BCUT2D eigenvalue weighted by Gasteiger charge is 2.45. The number of hydrogen-bond donors (Lipinski definition) is 0. The van der Waals surface area contributed by atoms with Crippen molar-refractivity contribution in [2.24, 2.45) is 0 Å². The predicted octanol–water partition coefficient (Wildman–Crippen LogP) is 3.51. The van der Waals surface area contributed by atoms with Gasteiger partial charge in [0.2, 0.25) is 0 Å². The highest BCUT2D eigenvalue weighted by molar-refractivity contribution is 7.47. The van der Waals surface area contributed by atoms with E-state index < -0.39 is 6.69 Å². The maximum absolute atomic E-state index is 8.81. The second-order valence-corrected chi connectivity index (χ2v) is 9.93. The minimum atomic E-state index is -2.74. The van der Waals surface area contributed by atoms with Crippen LogP contribution in [0.3, 0.4) is 0 Å². The van der Waals surface area contributed by atoms with Crippen LogP contribution in [0.4, 0.5) is 0 Å². The molecule has 0 aliphatic rings. The third-order valence-electron chi connectivity index (χ3n) is 2.06. The van der Waals surface area contributed by atoms with E-state index in [0.29, 0.717) is 12.8 Å². The van der Waals surface area contributed by atoms with Crippen LogP contribution in [-0.4, -0.2) is 6.69 Å². The second kappa shape index (κ2) is 5.50. The van der Waals surface area contributed by atoms with Gasteiger partial charge in [0.05, 0.1) is 23.2 Å². The molecule has 2 nitrogen and oxygen atoms in total. The molecule has 13 heavy (non-hydrogen) atoms. The van der Waals surface area contributed by atoms with E-state index in [-0.39, 0.29) is 11.1 Å². The van der Waals surface area contributed by atoms with Crippen LogP contribution in [0.1, 0.15) is 26.7 Å². The molecule has 0 aliphatic carbocycles. The van der Waals surface area contributed by atoms with Crippen molar-refractivity contribution in [2.45, 2.75) is 37.8 Å². The molecule has 5 heteroatoms. The van der Waals surface area contributed by atoms with Gasteiger partial charge < -0.3 is 0 Å². The molecule has 0 aliphatic heterocycles. The Morgan fingerprint density at radius 1 is 1.08 bits per heavy atom. The van der Waals surface area contributed by atoms with Crippen molar-refractivity contribution in [3.63, 3.8) is 0 Å². The molecular weight excluding hydrogens is 223 g/mol. The van der Waals surface area contributed by atoms with Gasteiger partial charge in [-0.25, -0.2) is 0 Å². The van der Waals surface area contributed by atoms with Gasteiger partial charge in [0.25, 0.3) is 6.69 Å². The highest BCUT2D eigenvalue weighted by atomic mass is 35.7. The number of halogens is 2. The van der Waals surface area contributed by atoms with Crippen LogP contribution < -0.4 is 0 Å². The maximum Gasteiger partial charge on any atom is 0.284 e. The summed E-state index contributed by atoms with van der Waals surface area (Å²) in [6.07, 6.45) is 1.24. The van der Waals surface area contributed by atoms with Gasteiger partial charge in [-0.05, 0) is 12.8 Å². The Morgan fingerprint density at radius 2 is 1.38 bits per heavy atom. The molecule has 0 amide bonds. The molecule has 0 radical (unpaired) electrons. The van der Waals surface area contributed by atoms with Gasteiger partial charge in [0.15, 0.2) is 0 Å². The van der Waals surface area contributed by atoms with E-state index in [4.69, 9.17) is 32.7 Å². The summed E-state index contributed by atoms with van der Waals surface area (Å²) in [6.45, 7) is 0.991. The summed E-state index contributed by atoms with van der Waals surface area (Å²) in [5.74, 6) is 0. The first kappa shape index (κ1) is 12.8. The molecule has 0 N–H and O–H groups in total. The van der Waals surface area contributed by atoms with Gasteiger partial charge in [0, 0.05) is 0 Å². The lowest BCUT2D eigenvalue weighted by Gasteiger charge is -2.24. The minimum Gasteiger partial charge on any atom is -0.198 e. The van der Waals surface area contributed by atoms with Crippen molar-refractivity contribution in [1.82, 2.24) is 0 Å². The van der Waals surface area contributed by atoms with Crippen LogP contribution in [-0.2, 0) is 0 Å². The zero-order valence-electron chi connectivity index (χ0n) is 7.72. The third kappa shape index (κ3) is 2.88. The fourth-order valence-electron chi connectivity index (χ4n) is 1.14. The molecule has 0 aromatic heterocycles. The quantitative estimate of drug-likeness (QED) is 0.553. The molecule has 0 fully saturated rings. The number of rotatable bonds is 4. The molecular formula is C8H12Cl2N2Si. The average Bonchev–Trinajstić information content (AvgIpc) is 2.07. The molecule has 0 rings (SSSR count). The number of nitrogens with zero attached hydrogens (tertiary/aromatic N) is 2. The molecule has 0 spiro atoms. The zero-order valence-corrected chi connectivity index (χ0v) is 10.2. The van der Waals surface area contributed by atoms with E-state index >= 15 is 0 Å². The van der Waals surface area contributed by atoms with Gasteiger partial charge in [-0.1, -0.05) is 13.8 Å². The maximum atomic E-state index is 8.81. The van der Waals surface area contributed by atoms with Crippen LogP contribution in [0, 0.1) is 22.7 Å². The Kier molecular flexibility index (Phi) is 5.40. The van der Waals surface area contributed by atoms with Crippen LogP contribution in [0.15, 0.2) is 0 Å². The average molecular weight is 235 g/mol. The second-order valence-electron chi connectivity index (χ2n) is 2.85. The van der Waals surface area contributed by atoms with E-state index in [0.717, 1.165) is 0 Å².